The molecule has 4 nitrogen and oxygen atoms in total. The van der Waals surface area contributed by atoms with Gasteiger partial charge in [0.25, 0.3) is 0 Å². The molecule has 1 atom stereocenters. The van der Waals surface area contributed by atoms with Crippen LogP contribution >= 0.6 is 0 Å². The molecule has 5 heteroatoms. The molecule has 0 aliphatic carbocycles. The van der Waals surface area contributed by atoms with Gasteiger partial charge < -0.3 is 10.0 Å². The minimum atomic E-state index is -0.879. The van der Waals surface area contributed by atoms with E-state index in [2.05, 4.69) is 0 Å². The summed E-state index contributed by atoms with van der Waals surface area (Å²) in [5, 5.41) is 9.24. The minimum absolute atomic E-state index is 0.105. The molecule has 20 heavy (non-hydrogen) atoms. The summed E-state index contributed by atoms with van der Waals surface area (Å²) in [4.78, 5) is 25.0. The molecule has 1 N–H and O–H groups in total. The molecule has 0 aromatic heterocycles. The van der Waals surface area contributed by atoms with E-state index in [9.17, 15) is 19.1 Å². The number of amides is 1. The van der Waals surface area contributed by atoms with E-state index >= 15 is 0 Å². The van der Waals surface area contributed by atoms with Gasteiger partial charge in [-0.15, -0.1) is 0 Å². The molecular weight excluding hydrogens is 261 g/mol. The monoisotopic (exact) mass is 279 g/mol. The van der Waals surface area contributed by atoms with Crippen LogP contribution in [0.15, 0.2) is 24.3 Å². The average Bonchev–Trinajstić information content (AvgIpc) is 2.38. The lowest BCUT2D eigenvalue weighted by atomic mass is 9.82. The summed E-state index contributed by atoms with van der Waals surface area (Å²) in [6.07, 6.45) is 1.36. The Morgan fingerprint density at radius 1 is 1.45 bits per heavy atom. The third-order valence-electron chi connectivity index (χ3n) is 3.81. The van der Waals surface area contributed by atoms with Crippen molar-refractivity contribution in [2.24, 2.45) is 5.41 Å². The maximum absolute atomic E-state index is 13.1. The molecule has 1 heterocycles. The summed E-state index contributed by atoms with van der Waals surface area (Å²) in [7, 11) is 0. The fourth-order valence-corrected chi connectivity index (χ4v) is 2.56. The highest BCUT2D eigenvalue weighted by molar-refractivity contribution is 5.81. The number of likely N-dealkylation sites (tertiary alicyclic amines) is 1. The molecule has 0 radical (unpaired) electrons. The molecule has 0 saturated carbocycles. The van der Waals surface area contributed by atoms with Gasteiger partial charge in [-0.1, -0.05) is 12.1 Å². The van der Waals surface area contributed by atoms with E-state index in [0.29, 0.717) is 24.9 Å². The number of nitrogens with zero attached hydrogens (tertiary/aromatic N) is 1. The number of benzene rings is 1. The fraction of sp³-hybridized carbons (Fsp3) is 0.467. The van der Waals surface area contributed by atoms with Crippen LogP contribution < -0.4 is 0 Å². The van der Waals surface area contributed by atoms with Crippen molar-refractivity contribution in [3.8, 4) is 0 Å². The minimum Gasteiger partial charge on any atom is -0.481 e. The predicted octanol–water partition coefficient (Wildman–Crippen LogP) is 2.08. The van der Waals surface area contributed by atoms with Gasteiger partial charge in [-0.2, -0.15) is 0 Å². The van der Waals surface area contributed by atoms with Gasteiger partial charge in [0.2, 0.25) is 5.91 Å². The molecule has 0 bridgehead atoms. The Bertz CT molecular complexity index is 532. The number of aliphatic carboxylic acids is 1. The highest BCUT2D eigenvalue weighted by atomic mass is 19.1. The molecular formula is C15H18FNO3. The number of rotatable bonds is 3. The first kappa shape index (κ1) is 14.5. The molecule has 108 valence electrons. The van der Waals surface area contributed by atoms with Crippen LogP contribution in [0.5, 0.6) is 0 Å². The number of carboxylic acid groups (broad SMARTS) is 1. The molecule has 1 aromatic carbocycles. The van der Waals surface area contributed by atoms with E-state index in [0.717, 1.165) is 0 Å². The topological polar surface area (TPSA) is 57.6 Å². The predicted molar refractivity (Wildman–Crippen MR) is 71.7 cm³/mol. The molecule has 1 amide bonds. The number of hydrogen-bond donors (Lipinski definition) is 1. The Kier molecular flexibility index (Phi) is 4.06. The first-order valence-corrected chi connectivity index (χ1v) is 6.66. The van der Waals surface area contributed by atoms with Crippen molar-refractivity contribution in [3.05, 3.63) is 35.6 Å². The second kappa shape index (κ2) is 5.61. The Morgan fingerprint density at radius 3 is 2.85 bits per heavy atom. The van der Waals surface area contributed by atoms with Gasteiger partial charge >= 0.3 is 5.97 Å². The summed E-state index contributed by atoms with van der Waals surface area (Å²) >= 11 is 0. The zero-order valence-corrected chi connectivity index (χ0v) is 11.4. The van der Waals surface area contributed by atoms with Crippen LogP contribution in [0, 0.1) is 11.2 Å². The first-order chi connectivity index (χ1) is 9.40. The van der Waals surface area contributed by atoms with Crippen molar-refractivity contribution in [3.63, 3.8) is 0 Å². The lowest BCUT2D eigenvalue weighted by Crippen LogP contribution is -2.48. The molecule has 1 unspecified atom stereocenters. The lowest BCUT2D eigenvalue weighted by molar-refractivity contribution is -0.153. The Balaban J connectivity index is 2.04. The SMILES string of the molecule is CC1(C(=O)O)CCCN(C(=O)Cc2cccc(F)c2)C1. The number of halogens is 1. The van der Waals surface area contributed by atoms with Gasteiger partial charge in [-0.3, -0.25) is 9.59 Å². The van der Waals surface area contributed by atoms with Crippen LogP contribution in [-0.2, 0) is 16.0 Å². The number of carbonyl (C=O) groups excluding carboxylic acids is 1. The van der Waals surface area contributed by atoms with Gasteiger partial charge in [0, 0.05) is 13.1 Å². The quantitative estimate of drug-likeness (QED) is 0.921. The van der Waals surface area contributed by atoms with Crippen LogP contribution in [0.25, 0.3) is 0 Å². The van der Waals surface area contributed by atoms with Gasteiger partial charge in [0.1, 0.15) is 5.82 Å². The number of piperidine rings is 1. The largest absolute Gasteiger partial charge is 0.481 e. The summed E-state index contributed by atoms with van der Waals surface area (Å²) in [6, 6.07) is 5.92. The van der Waals surface area contributed by atoms with Crippen molar-refractivity contribution >= 4 is 11.9 Å². The lowest BCUT2D eigenvalue weighted by Gasteiger charge is -2.37. The van der Waals surface area contributed by atoms with Crippen LogP contribution in [0.2, 0.25) is 0 Å². The highest BCUT2D eigenvalue weighted by Crippen LogP contribution is 2.30. The van der Waals surface area contributed by atoms with Gasteiger partial charge in [-0.25, -0.2) is 4.39 Å². The van der Waals surface area contributed by atoms with Gasteiger partial charge in [0.05, 0.1) is 11.8 Å². The van der Waals surface area contributed by atoms with E-state index < -0.39 is 11.4 Å². The van der Waals surface area contributed by atoms with Crippen LogP contribution in [0.1, 0.15) is 25.3 Å². The molecule has 0 spiro atoms. The number of hydrogen-bond acceptors (Lipinski definition) is 2. The average molecular weight is 279 g/mol. The summed E-state index contributed by atoms with van der Waals surface area (Å²) < 4.78 is 13.1. The number of carboxylic acids is 1. The highest BCUT2D eigenvalue weighted by Gasteiger charge is 2.39. The van der Waals surface area contributed by atoms with E-state index in [4.69, 9.17) is 0 Å². The second-order valence-corrected chi connectivity index (χ2v) is 5.59. The van der Waals surface area contributed by atoms with E-state index in [1.165, 1.54) is 12.1 Å². The Labute approximate surface area is 117 Å². The number of carbonyl (C=O) groups is 2. The summed E-state index contributed by atoms with van der Waals surface area (Å²) in [5.41, 5.74) is -0.270. The fourth-order valence-electron chi connectivity index (χ4n) is 2.56. The van der Waals surface area contributed by atoms with Crippen molar-refractivity contribution in [1.29, 1.82) is 0 Å². The molecule has 1 saturated heterocycles. The van der Waals surface area contributed by atoms with Crippen LogP contribution in [0.4, 0.5) is 4.39 Å². The van der Waals surface area contributed by atoms with E-state index in [-0.39, 0.29) is 24.7 Å². The third-order valence-corrected chi connectivity index (χ3v) is 3.81. The molecule has 2 rings (SSSR count). The van der Waals surface area contributed by atoms with Crippen molar-refractivity contribution < 1.29 is 19.1 Å². The van der Waals surface area contributed by atoms with Crippen molar-refractivity contribution in [2.75, 3.05) is 13.1 Å². The first-order valence-electron chi connectivity index (χ1n) is 6.66. The van der Waals surface area contributed by atoms with Crippen LogP contribution in [-0.4, -0.2) is 35.0 Å². The second-order valence-electron chi connectivity index (χ2n) is 5.59. The third kappa shape index (κ3) is 3.15. The zero-order valence-electron chi connectivity index (χ0n) is 11.4. The van der Waals surface area contributed by atoms with Crippen molar-refractivity contribution in [2.45, 2.75) is 26.2 Å². The smallest absolute Gasteiger partial charge is 0.311 e. The summed E-state index contributed by atoms with van der Waals surface area (Å²) in [5.74, 6) is -1.40. The Hall–Kier alpha value is -1.91. The zero-order chi connectivity index (χ0) is 14.8. The maximum Gasteiger partial charge on any atom is 0.311 e. The summed E-state index contributed by atoms with van der Waals surface area (Å²) in [6.45, 7) is 2.45. The van der Waals surface area contributed by atoms with Crippen molar-refractivity contribution in [1.82, 2.24) is 4.90 Å². The molecule has 1 aliphatic rings. The molecule has 1 aliphatic heterocycles. The normalized spacial score (nSPS) is 22.6. The standard InChI is InChI=1S/C15H18FNO3/c1-15(14(19)20)6-3-7-17(10-15)13(18)9-11-4-2-5-12(16)8-11/h2,4-5,8H,3,6-7,9-10H2,1H3,(H,19,20). The van der Waals surface area contributed by atoms with Crippen LogP contribution in [0.3, 0.4) is 0 Å². The molecule has 1 aromatic rings. The maximum atomic E-state index is 13.1. The Morgan fingerprint density at radius 2 is 2.20 bits per heavy atom. The van der Waals surface area contributed by atoms with Gasteiger partial charge in [0.15, 0.2) is 0 Å². The molecule has 1 fully saturated rings. The van der Waals surface area contributed by atoms with Gasteiger partial charge in [-0.05, 0) is 37.5 Å². The van der Waals surface area contributed by atoms with E-state index in [1.807, 2.05) is 0 Å². The van der Waals surface area contributed by atoms with E-state index in [1.54, 1.807) is 24.0 Å².